The zero-order chi connectivity index (χ0) is 14.1. The van der Waals surface area contributed by atoms with E-state index in [0.29, 0.717) is 0 Å². The first-order chi connectivity index (χ1) is 9.65. The molecular weight excluding hydrogens is 332 g/mol. The summed E-state index contributed by atoms with van der Waals surface area (Å²) in [7, 11) is 0. The van der Waals surface area contributed by atoms with E-state index in [0.717, 1.165) is 33.2 Å². The molecule has 0 unspecified atom stereocenters. The molecule has 2 aromatic carbocycles. The van der Waals surface area contributed by atoms with E-state index in [4.69, 9.17) is 12.2 Å². The maximum Gasteiger partial charge on any atom is 0.178 e. The molecule has 0 atom stereocenters. The summed E-state index contributed by atoms with van der Waals surface area (Å²) in [5, 5.41) is 0. The SMILES string of the molecule is Cc1ccccc1CCn1c(=S)[nH]c2ccc(Br)cc21. The van der Waals surface area contributed by atoms with Crippen LogP contribution in [0.1, 0.15) is 11.1 Å². The van der Waals surface area contributed by atoms with Gasteiger partial charge in [0.2, 0.25) is 0 Å². The maximum atomic E-state index is 5.44. The Hall–Kier alpha value is -1.39. The van der Waals surface area contributed by atoms with Crippen LogP contribution < -0.4 is 0 Å². The Kier molecular flexibility index (Phi) is 3.76. The van der Waals surface area contributed by atoms with E-state index in [-0.39, 0.29) is 0 Å². The lowest BCUT2D eigenvalue weighted by Gasteiger charge is -2.07. The lowest BCUT2D eigenvalue weighted by molar-refractivity contribution is 0.704. The van der Waals surface area contributed by atoms with Gasteiger partial charge in [-0.05, 0) is 54.9 Å². The molecule has 3 rings (SSSR count). The third kappa shape index (κ3) is 2.58. The van der Waals surface area contributed by atoms with E-state index in [2.05, 4.69) is 68.8 Å². The van der Waals surface area contributed by atoms with Gasteiger partial charge in [0.15, 0.2) is 4.77 Å². The van der Waals surface area contributed by atoms with E-state index >= 15 is 0 Å². The van der Waals surface area contributed by atoms with Gasteiger partial charge < -0.3 is 9.55 Å². The molecule has 1 heterocycles. The molecule has 0 saturated carbocycles. The normalized spacial score (nSPS) is 11.1. The molecule has 0 bridgehead atoms. The van der Waals surface area contributed by atoms with Gasteiger partial charge in [0.25, 0.3) is 0 Å². The van der Waals surface area contributed by atoms with E-state index in [9.17, 15) is 0 Å². The molecule has 0 saturated heterocycles. The Bertz CT molecular complexity index is 817. The number of rotatable bonds is 3. The predicted molar refractivity (Wildman–Crippen MR) is 89.7 cm³/mol. The lowest BCUT2D eigenvalue weighted by Crippen LogP contribution is -2.02. The molecule has 0 aliphatic rings. The number of imidazole rings is 1. The molecule has 2 nitrogen and oxygen atoms in total. The quantitative estimate of drug-likeness (QED) is 0.661. The second-order valence-corrected chi connectivity index (χ2v) is 6.22. The van der Waals surface area contributed by atoms with Crippen molar-refractivity contribution >= 4 is 39.2 Å². The summed E-state index contributed by atoms with van der Waals surface area (Å²) < 4.78 is 4.03. The number of nitrogens with zero attached hydrogens (tertiary/aromatic N) is 1. The van der Waals surface area contributed by atoms with Crippen LogP contribution in [0.15, 0.2) is 46.9 Å². The number of nitrogens with one attached hydrogen (secondary N) is 1. The molecule has 0 amide bonds. The Morgan fingerprint density at radius 1 is 1.20 bits per heavy atom. The average Bonchev–Trinajstić information content (AvgIpc) is 2.73. The largest absolute Gasteiger partial charge is 0.331 e. The number of hydrogen-bond acceptors (Lipinski definition) is 1. The number of aromatic nitrogens is 2. The van der Waals surface area contributed by atoms with Gasteiger partial charge in [-0.15, -0.1) is 0 Å². The summed E-state index contributed by atoms with van der Waals surface area (Å²) in [6.07, 6.45) is 0.987. The van der Waals surface area contributed by atoms with Crippen molar-refractivity contribution in [2.75, 3.05) is 0 Å². The van der Waals surface area contributed by atoms with Crippen molar-refractivity contribution in [2.45, 2.75) is 19.9 Å². The van der Waals surface area contributed by atoms with Crippen molar-refractivity contribution in [3.8, 4) is 0 Å². The first-order valence-corrected chi connectivity index (χ1v) is 7.78. The zero-order valence-electron chi connectivity index (χ0n) is 11.2. The third-order valence-corrected chi connectivity index (χ3v) is 4.42. The molecule has 0 aliphatic carbocycles. The highest BCUT2D eigenvalue weighted by molar-refractivity contribution is 9.10. The van der Waals surface area contributed by atoms with Crippen molar-refractivity contribution in [3.05, 3.63) is 62.8 Å². The number of aryl methyl sites for hydroxylation is 3. The van der Waals surface area contributed by atoms with Crippen LogP contribution >= 0.6 is 28.1 Å². The first kappa shape index (κ1) is 13.6. The van der Waals surface area contributed by atoms with Gasteiger partial charge in [0.1, 0.15) is 0 Å². The number of aromatic amines is 1. The molecule has 0 radical (unpaired) electrons. The van der Waals surface area contributed by atoms with Crippen molar-refractivity contribution in [1.82, 2.24) is 9.55 Å². The molecule has 0 aliphatic heterocycles. The van der Waals surface area contributed by atoms with E-state index in [1.165, 1.54) is 11.1 Å². The molecule has 0 spiro atoms. The summed E-state index contributed by atoms with van der Waals surface area (Å²) in [5.41, 5.74) is 4.94. The van der Waals surface area contributed by atoms with Gasteiger partial charge in [-0.25, -0.2) is 0 Å². The van der Waals surface area contributed by atoms with Gasteiger partial charge >= 0.3 is 0 Å². The maximum absolute atomic E-state index is 5.44. The fourth-order valence-corrected chi connectivity index (χ4v) is 3.12. The minimum atomic E-state index is 0.784. The van der Waals surface area contributed by atoms with Gasteiger partial charge in [-0.1, -0.05) is 40.2 Å². The van der Waals surface area contributed by atoms with Crippen LogP contribution in [0.3, 0.4) is 0 Å². The van der Waals surface area contributed by atoms with Crippen LogP contribution in [0.4, 0.5) is 0 Å². The summed E-state index contributed by atoms with van der Waals surface area (Å²) in [6, 6.07) is 14.7. The highest BCUT2D eigenvalue weighted by Crippen LogP contribution is 2.20. The fraction of sp³-hybridized carbons (Fsp3) is 0.188. The zero-order valence-corrected chi connectivity index (χ0v) is 13.6. The predicted octanol–water partition coefficient (Wildman–Crippen LogP) is 5.01. The second kappa shape index (κ2) is 5.54. The van der Waals surface area contributed by atoms with Gasteiger partial charge in [0, 0.05) is 11.0 Å². The van der Waals surface area contributed by atoms with Crippen molar-refractivity contribution < 1.29 is 0 Å². The smallest absolute Gasteiger partial charge is 0.178 e. The van der Waals surface area contributed by atoms with Crippen LogP contribution in [0.2, 0.25) is 0 Å². The third-order valence-electron chi connectivity index (χ3n) is 3.60. The average molecular weight is 347 g/mol. The molecular formula is C16H15BrN2S. The topological polar surface area (TPSA) is 20.7 Å². The lowest BCUT2D eigenvalue weighted by atomic mass is 10.1. The molecule has 0 fully saturated rings. The number of halogens is 1. The number of hydrogen-bond donors (Lipinski definition) is 1. The van der Waals surface area contributed by atoms with E-state index in [1.807, 2.05) is 6.07 Å². The molecule has 20 heavy (non-hydrogen) atoms. The van der Waals surface area contributed by atoms with E-state index < -0.39 is 0 Å². The number of fused-ring (bicyclic) bond motifs is 1. The highest BCUT2D eigenvalue weighted by Gasteiger charge is 2.06. The van der Waals surface area contributed by atoms with Crippen molar-refractivity contribution in [2.24, 2.45) is 0 Å². The second-order valence-electron chi connectivity index (χ2n) is 4.92. The monoisotopic (exact) mass is 346 g/mol. The first-order valence-electron chi connectivity index (χ1n) is 6.58. The van der Waals surface area contributed by atoms with Crippen LogP contribution in [0, 0.1) is 11.7 Å². The summed E-state index contributed by atoms with van der Waals surface area (Å²) in [5.74, 6) is 0. The Labute approximate surface area is 131 Å². The van der Waals surface area contributed by atoms with Crippen molar-refractivity contribution in [1.29, 1.82) is 0 Å². The van der Waals surface area contributed by atoms with Crippen LogP contribution in [-0.2, 0) is 13.0 Å². The molecule has 1 aromatic heterocycles. The van der Waals surface area contributed by atoms with Gasteiger partial charge in [0.05, 0.1) is 11.0 Å². The molecule has 102 valence electrons. The minimum Gasteiger partial charge on any atom is -0.331 e. The highest BCUT2D eigenvalue weighted by atomic mass is 79.9. The van der Waals surface area contributed by atoms with Gasteiger partial charge in [-0.3, -0.25) is 0 Å². The van der Waals surface area contributed by atoms with Crippen LogP contribution in [0.25, 0.3) is 11.0 Å². The molecule has 1 N–H and O–H groups in total. The summed E-state index contributed by atoms with van der Waals surface area (Å²) in [4.78, 5) is 3.26. The van der Waals surface area contributed by atoms with Crippen molar-refractivity contribution in [3.63, 3.8) is 0 Å². The van der Waals surface area contributed by atoms with E-state index in [1.54, 1.807) is 0 Å². The minimum absolute atomic E-state index is 0.784. The molecule has 4 heteroatoms. The standard InChI is InChI=1S/C16H15BrN2S/c1-11-4-2-3-5-12(11)8-9-19-15-10-13(17)6-7-14(15)18-16(19)20/h2-7,10H,8-9H2,1H3,(H,18,20). The Balaban J connectivity index is 1.95. The summed E-state index contributed by atoms with van der Waals surface area (Å²) >= 11 is 8.96. The number of H-pyrrole nitrogens is 1. The molecule has 3 aromatic rings. The Morgan fingerprint density at radius 3 is 2.80 bits per heavy atom. The number of benzene rings is 2. The van der Waals surface area contributed by atoms with Gasteiger partial charge in [-0.2, -0.15) is 0 Å². The Morgan fingerprint density at radius 2 is 2.00 bits per heavy atom. The van der Waals surface area contributed by atoms with Crippen LogP contribution in [-0.4, -0.2) is 9.55 Å². The fourth-order valence-electron chi connectivity index (χ4n) is 2.47. The summed E-state index contributed by atoms with van der Waals surface area (Å²) in [6.45, 7) is 3.04. The van der Waals surface area contributed by atoms with Crippen LogP contribution in [0.5, 0.6) is 0 Å².